The van der Waals surface area contributed by atoms with Crippen molar-refractivity contribution in [1.82, 2.24) is 10.2 Å². The predicted molar refractivity (Wildman–Crippen MR) is 99.3 cm³/mol. The molecule has 5 heteroatoms. The van der Waals surface area contributed by atoms with E-state index in [0.717, 1.165) is 56.1 Å². The average Bonchev–Trinajstić information content (AvgIpc) is 2.58. The summed E-state index contributed by atoms with van der Waals surface area (Å²) in [6.07, 6.45) is 4.80. The van der Waals surface area contributed by atoms with Crippen LogP contribution in [-0.4, -0.2) is 42.2 Å². The van der Waals surface area contributed by atoms with Gasteiger partial charge in [0.15, 0.2) is 0 Å². The van der Waals surface area contributed by atoms with E-state index in [9.17, 15) is 4.79 Å². The van der Waals surface area contributed by atoms with Gasteiger partial charge in [0.2, 0.25) is 5.91 Å². The van der Waals surface area contributed by atoms with Gasteiger partial charge in [-0.05, 0) is 68.8 Å². The van der Waals surface area contributed by atoms with E-state index in [1.807, 2.05) is 24.3 Å². The maximum atomic E-state index is 12.6. The molecule has 1 amide bonds. The molecule has 128 valence electrons. The van der Waals surface area contributed by atoms with Crippen molar-refractivity contribution in [3.8, 4) is 0 Å². The van der Waals surface area contributed by atoms with Crippen molar-refractivity contribution >= 4 is 29.3 Å². The number of carbonyl (C=O) groups is 1. The highest BCUT2D eigenvalue weighted by Gasteiger charge is 2.23. The molecule has 1 N–H and O–H groups in total. The second-order valence-electron chi connectivity index (χ2n) is 5.97. The Morgan fingerprint density at radius 3 is 2.65 bits per heavy atom. The van der Waals surface area contributed by atoms with Gasteiger partial charge in [0, 0.05) is 28.9 Å². The standard InChI is InChI=1S/C18H27ClN2OS/c1-2-13-21(16-9-11-20-12-10-16)18(22)4-3-14-23-17-7-5-15(19)6-8-17/h5-8,16,20H,2-4,9-14H2,1H3. The van der Waals surface area contributed by atoms with Gasteiger partial charge in [-0.2, -0.15) is 0 Å². The van der Waals surface area contributed by atoms with Crippen LogP contribution in [0.4, 0.5) is 0 Å². The largest absolute Gasteiger partial charge is 0.340 e. The van der Waals surface area contributed by atoms with Crippen LogP contribution >= 0.6 is 23.4 Å². The van der Waals surface area contributed by atoms with Gasteiger partial charge in [0.25, 0.3) is 0 Å². The highest BCUT2D eigenvalue weighted by Crippen LogP contribution is 2.22. The van der Waals surface area contributed by atoms with E-state index >= 15 is 0 Å². The lowest BCUT2D eigenvalue weighted by Crippen LogP contribution is -2.46. The first-order valence-electron chi connectivity index (χ1n) is 8.59. The van der Waals surface area contributed by atoms with Crippen molar-refractivity contribution in [3.05, 3.63) is 29.3 Å². The van der Waals surface area contributed by atoms with Crippen LogP contribution in [0.3, 0.4) is 0 Å². The molecule has 0 radical (unpaired) electrons. The number of benzene rings is 1. The smallest absolute Gasteiger partial charge is 0.222 e. The molecular weight excluding hydrogens is 328 g/mol. The number of hydrogen-bond donors (Lipinski definition) is 1. The van der Waals surface area contributed by atoms with Crippen LogP contribution in [0.15, 0.2) is 29.2 Å². The summed E-state index contributed by atoms with van der Waals surface area (Å²) in [6.45, 7) is 5.11. The number of nitrogens with one attached hydrogen (secondary N) is 1. The maximum absolute atomic E-state index is 12.6. The van der Waals surface area contributed by atoms with Gasteiger partial charge in [-0.1, -0.05) is 18.5 Å². The van der Waals surface area contributed by atoms with Crippen molar-refractivity contribution in [2.24, 2.45) is 0 Å². The van der Waals surface area contributed by atoms with E-state index in [1.165, 1.54) is 4.90 Å². The van der Waals surface area contributed by atoms with Gasteiger partial charge in [0.05, 0.1) is 0 Å². The fourth-order valence-corrected chi connectivity index (χ4v) is 3.94. The Kier molecular flexibility index (Phi) is 8.27. The average molecular weight is 355 g/mol. The Labute approximate surface area is 149 Å². The molecule has 1 fully saturated rings. The van der Waals surface area contributed by atoms with Crippen molar-refractivity contribution in [2.45, 2.75) is 50.0 Å². The summed E-state index contributed by atoms with van der Waals surface area (Å²) in [5, 5.41) is 4.14. The molecule has 0 bridgehead atoms. The van der Waals surface area contributed by atoms with E-state index < -0.39 is 0 Å². The zero-order chi connectivity index (χ0) is 16.5. The van der Waals surface area contributed by atoms with Crippen LogP contribution in [0.1, 0.15) is 39.0 Å². The molecular formula is C18H27ClN2OS. The molecule has 0 unspecified atom stereocenters. The number of amides is 1. The highest BCUT2D eigenvalue weighted by molar-refractivity contribution is 7.99. The number of piperidine rings is 1. The fraction of sp³-hybridized carbons (Fsp3) is 0.611. The number of thioether (sulfide) groups is 1. The molecule has 1 aliphatic rings. The van der Waals surface area contributed by atoms with Crippen LogP contribution in [-0.2, 0) is 4.79 Å². The predicted octanol–water partition coefficient (Wildman–Crippen LogP) is 4.20. The number of nitrogens with zero attached hydrogens (tertiary/aromatic N) is 1. The van der Waals surface area contributed by atoms with Crippen molar-refractivity contribution < 1.29 is 4.79 Å². The summed E-state index contributed by atoms with van der Waals surface area (Å²) in [5.41, 5.74) is 0. The Hall–Kier alpha value is -0.710. The SMILES string of the molecule is CCCN(C(=O)CCCSc1ccc(Cl)cc1)C1CCNCC1. The number of hydrogen-bond acceptors (Lipinski definition) is 3. The first-order chi connectivity index (χ1) is 11.2. The third-order valence-electron chi connectivity index (χ3n) is 4.15. The molecule has 1 aromatic rings. The second-order valence-corrected chi connectivity index (χ2v) is 7.58. The van der Waals surface area contributed by atoms with Gasteiger partial charge in [0.1, 0.15) is 0 Å². The molecule has 0 saturated carbocycles. The van der Waals surface area contributed by atoms with E-state index in [-0.39, 0.29) is 0 Å². The van der Waals surface area contributed by atoms with Gasteiger partial charge in [-0.3, -0.25) is 4.79 Å². The van der Waals surface area contributed by atoms with Gasteiger partial charge in [-0.25, -0.2) is 0 Å². The Morgan fingerprint density at radius 1 is 1.30 bits per heavy atom. The van der Waals surface area contributed by atoms with Crippen LogP contribution in [0.5, 0.6) is 0 Å². The lowest BCUT2D eigenvalue weighted by atomic mass is 10.0. The summed E-state index contributed by atoms with van der Waals surface area (Å²) in [7, 11) is 0. The maximum Gasteiger partial charge on any atom is 0.222 e. The third kappa shape index (κ3) is 6.36. The lowest BCUT2D eigenvalue weighted by Gasteiger charge is -2.34. The summed E-state index contributed by atoms with van der Waals surface area (Å²) < 4.78 is 0. The quantitative estimate of drug-likeness (QED) is 0.560. The van der Waals surface area contributed by atoms with E-state index in [0.29, 0.717) is 18.4 Å². The lowest BCUT2D eigenvalue weighted by molar-refractivity contribution is -0.134. The molecule has 23 heavy (non-hydrogen) atoms. The molecule has 0 atom stereocenters. The van der Waals surface area contributed by atoms with E-state index in [2.05, 4.69) is 17.1 Å². The molecule has 0 aromatic heterocycles. The molecule has 1 heterocycles. The van der Waals surface area contributed by atoms with Crippen molar-refractivity contribution in [3.63, 3.8) is 0 Å². The molecule has 1 aliphatic heterocycles. The van der Waals surface area contributed by atoms with Crippen LogP contribution in [0.2, 0.25) is 5.02 Å². The highest BCUT2D eigenvalue weighted by atomic mass is 35.5. The van der Waals surface area contributed by atoms with Crippen molar-refractivity contribution in [2.75, 3.05) is 25.4 Å². The monoisotopic (exact) mass is 354 g/mol. The Morgan fingerprint density at radius 2 is 2.00 bits per heavy atom. The molecule has 1 aromatic carbocycles. The first-order valence-corrected chi connectivity index (χ1v) is 9.95. The summed E-state index contributed by atoms with van der Waals surface area (Å²) in [5.74, 6) is 1.30. The van der Waals surface area contributed by atoms with Crippen LogP contribution < -0.4 is 5.32 Å². The minimum atomic E-state index is 0.329. The fourth-order valence-electron chi connectivity index (χ4n) is 2.96. The number of halogens is 1. The second kappa shape index (κ2) is 10.2. The van der Waals surface area contributed by atoms with Gasteiger partial charge < -0.3 is 10.2 Å². The molecule has 3 nitrogen and oxygen atoms in total. The zero-order valence-electron chi connectivity index (χ0n) is 13.9. The van der Waals surface area contributed by atoms with Crippen LogP contribution in [0.25, 0.3) is 0 Å². The third-order valence-corrected chi connectivity index (χ3v) is 5.50. The van der Waals surface area contributed by atoms with Gasteiger partial charge in [-0.15, -0.1) is 11.8 Å². The molecule has 1 saturated heterocycles. The minimum Gasteiger partial charge on any atom is -0.340 e. The van der Waals surface area contributed by atoms with Crippen LogP contribution in [0, 0.1) is 0 Å². The number of rotatable bonds is 8. The van der Waals surface area contributed by atoms with Gasteiger partial charge >= 0.3 is 0 Å². The number of carbonyl (C=O) groups excluding carboxylic acids is 1. The van der Waals surface area contributed by atoms with Crippen molar-refractivity contribution in [1.29, 1.82) is 0 Å². The molecule has 0 aliphatic carbocycles. The molecule has 0 spiro atoms. The Bertz CT molecular complexity index is 474. The first kappa shape index (κ1) is 18.6. The molecule has 2 rings (SSSR count). The Balaban J connectivity index is 1.73. The normalized spacial score (nSPS) is 15.6. The summed E-state index contributed by atoms with van der Waals surface area (Å²) in [4.78, 5) is 15.9. The summed E-state index contributed by atoms with van der Waals surface area (Å²) in [6, 6.07) is 8.33. The minimum absolute atomic E-state index is 0.329. The zero-order valence-corrected chi connectivity index (χ0v) is 15.5. The summed E-state index contributed by atoms with van der Waals surface area (Å²) >= 11 is 7.68. The van der Waals surface area contributed by atoms with E-state index in [1.54, 1.807) is 11.8 Å². The van der Waals surface area contributed by atoms with E-state index in [4.69, 9.17) is 11.6 Å². The topological polar surface area (TPSA) is 32.3 Å².